The summed E-state index contributed by atoms with van der Waals surface area (Å²) in [6.45, 7) is 10.5. The highest BCUT2D eigenvalue weighted by Crippen LogP contribution is 2.25. The first-order valence-electron chi connectivity index (χ1n) is 9.36. The van der Waals surface area contributed by atoms with Crippen LogP contribution in [0.4, 0.5) is 23.0 Å². The molecule has 0 aliphatic heterocycles. The molecule has 26 heavy (non-hydrogen) atoms. The van der Waals surface area contributed by atoms with Crippen LogP contribution in [0.15, 0.2) is 30.6 Å². The molecule has 142 valence electrons. The van der Waals surface area contributed by atoms with Crippen LogP contribution in [0.25, 0.3) is 0 Å². The number of rotatable bonds is 10. The average molecular weight is 357 g/mol. The lowest BCUT2D eigenvalue weighted by molar-refractivity contribution is 0.405. The minimum absolute atomic E-state index is 0.800. The van der Waals surface area contributed by atoms with E-state index < -0.39 is 0 Å². The molecule has 1 aromatic heterocycles. The Morgan fingerprint density at radius 3 is 2.38 bits per heavy atom. The first-order chi connectivity index (χ1) is 12.5. The fourth-order valence-electron chi connectivity index (χ4n) is 2.85. The molecule has 0 aliphatic rings. The van der Waals surface area contributed by atoms with Crippen molar-refractivity contribution in [3.05, 3.63) is 36.2 Å². The van der Waals surface area contributed by atoms with Crippen LogP contribution in [-0.2, 0) is 0 Å². The van der Waals surface area contributed by atoms with Crippen LogP contribution in [0.2, 0.25) is 0 Å². The number of hydrogen-bond donors (Lipinski definition) is 2. The fraction of sp³-hybridized carbons (Fsp3) is 0.500. The molecule has 2 N–H and O–H groups in total. The van der Waals surface area contributed by atoms with Crippen LogP contribution in [0.3, 0.4) is 0 Å². The second kappa shape index (κ2) is 9.97. The molecular formula is C20H32N6. The lowest BCUT2D eigenvalue weighted by atomic mass is 10.1. The van der Waals surface area contributed by atoms with E-state index in [1.54, 1.807) is 6.33 Å². The van der Waals surface area contributed by atoms with Gasteiger partial charge in [-0.25, -0.2) is 9.97 Å². The van der Waals surface area contributed by atoms with Crippen molar-refractivity contribution in [3.63, 3.8) is 0 Å². The van der Waals surface area contributed by atoms with E-state index in [1.165, 1.54) is 11.3 Å². The molecule has 2 rings (SSSR count). The van der Waals surface area contributed by atoms with Gasteiger partial charge in [0.1, 0.15) is 18.0 Å². The Morgan fingerprint density at radius 2 is 1.73 bits per heavy atom. The van der Waals surface area contributed by atoms with E-state index in [9.17, 15) is 0 Å². The third-order valence-corrected chi connectivity index (χ3v) is 4.36. The van der Waals surface area contributed by atoms with Gasteiger partial charge in [0.2, 0.25) is 0 Å². The zero-order valence-corrected chi connectivity index (χ0v) is 16.7. The topological polar surface area (TPSA) is 56.3 Å². The van der Waals surface area contributed by atoms with E-state index >= 15 is 0 Å². The number of hydrogen-bond acceptors (Lipinski definition) is 6. The molecular weight excluding hydrogens is 324 g/mol. The monoisotopic (exact) mass is 356 g/mol. The SMILES string of the molecule is CCN(CC)c1ccc(Nc2cc(NCCCN(C)C)ncn2)c(C)c1. The number of aromatic nitrogens is 2. The van der Waals surface area contributed by atoms with Crippen LogP contribution < -0.4 is 15.5 Å². The molecule has 0 fully saturated rings. The van der Waals surface area contributed by atoms with Crippen molar-refractivity contribution in [3.8, 4) is 0 Å². The summed E-state index contributed by atoms with van der Waals surface area (Å²) in [4.78, 5) is 13.2. The summed E-state index contributed by atoms with van der Waals surface area (Å²) < 4.78 is 0. The lowest BCUT2D eigenvalue weighted by Crippen LogP contribution is -2.21. The quantitative estimate of drug-likeness (QED) is 0.633. The molecule has 0 saturated heterocycles. The Bertz CT molecular complexity index is 682. The Morgan fingerprint density at radius 1 is 1.00 bits per heavy atom. The summed E-state index contributed by atoms with van der Waals surface area (Å²) in [6, 6.07) is 8.45. The molecule has 0 amide bonds. The molecule has 0 atom stereocenters. The molecule has 0 aliphatic carbocycles. The van der Waals surface area contributed by atoms with Crippen LogP contribution in [-0.4, -0.2) is 55.1 Å². The average Bonchev–Trinajstić information content (AvgIpc) is 2.62. The summed E-state index contributed by atoms with van der Waals surface area (Å²) in [5.41, 5.74) is 3.52. The zero-order chi connectivity index (χ0) is 18.9. The Hall–Kier alpha value is -2.34. The normalized spacial score (nSPS) is 10.8. The zero-order valence-electron chi connectivity index (χ0n) is 16.7. The van der Waals surface area contributed by atoms with Gasteiger partial charge < -0.3 is 20.4 Å². The summed E-state index contributed by atoms with van der Waals surface area (Å²) >= 11 is 0. The van der Waals surface area contributed by atoms with Gasteiger partial charge in [0.05, 0.1) is 0 Å². The van der Waals surface area contributed by atoms with Crippen LogP contribution in [0.1, 0.15) is 25.8 Å². The van der Waals surface area contributed by atoms with E-state index in [4.69, 9.17) is 0 Å². The first-order valence-corrected chi connectivity index (χ1v) is 9.36. The molecule has 6 nitrogen and oxygen atoms in total. The maximum Gasteiger partial charge on any atom is 0.135 e. The molecule has 0 saturated carbocycles. The van der Waals surface area contributed by atoms with Gasteiger partial charge in [-0.2, -0.15) is 0 Å². The van der Waals surface area contributed by atoms with Crippen LogP contribution >= 0.6 is 0 Å². The molecule has 0 bridgehead atoms. The minimum Gasteiger partial charge on any atom is -0.372 e. The summed E-state index contributed by atoms with van der Waals surface area (Å²) in [5.74, 6) is 1.65. The van der Waals surface area contributed by atoms with Gasteiger partial charge in [-0.15, -0.1) is 0 Å². The molecule has 1 aromatic carbocycles. The summed E-state index contributed by atoms with van der Waals surface area (Å²) in [6.07, 6.45) is 2.67. The third kappa shape index (κ3) is 5.88. The van der Waals surface area contributed by atoms with E-state index in [1.807, 2.05) is 6.07 Å². The highest BCUT2D eigenvalue weighted by Gasteiger charge is 2.06. The maximum absolute atomic E-state index is 4.34. The maximum atomic E-state index is 4.34. The molecule has 0 radical (unpaired) electrons. The standard InChI is InChI=1S/C20H32N6/c1-6-26(7-2)17-9-10-18(16(3)13-17)24-20-14-19(22-15-23-20)21-11-8-12-25(4)5/h9-10,13-15H,6-8,11-12H2,1-5H3,(H2,21,22,23,24). The minimum atomic E-state index is 0.800. The van der Waals surface area contributed by atoms with Crippen LogP contribution in [0, 0.1) is 6.92 Å². The van der Waals surface area contributed by atoms with Crippen molar-refractivity contribution in [1.29, 1.82) is 0 Å². The molecule has 0 spiro atoms. The van der Waals surface area contributed by atoms with Gasteiger partial charge in [0, 0.05) is 37.1 Å². The van der Waals surface area contributed by atoms with Gasteiger partial charge >= 0.3 is 0 Å². The molecule has 2 aromatic rings. The molecule has 6 heteroatoms. The summed E-state index contributed by atoms with van der Waals surface area (Å²) in [7, 11) is 4.17. The predicted molar refractivity (Wildman–Crippen MR) is 112 cm³/mol. The lowest BCUT2D eigenvalue weighted by Gasteiger charge is -2.22. The van der Waals surface area contributed by atoms with E-state index in [0.29, 0.717) is 0 Å². The molecule has 0 unspecified atom stereocenters. The highest BCUT2D eigenvalue weighted by atomic mass is 15.1. The number of benzene rings is 1. The van der Waals surface area contributed by atoms with Gasteiger partial charge in [-0.1, -0.05) is 0 Å². The number of nitrogens with one attached hydrogen (secondary N) is 2. The number of nitrogens with zero attached hydrogens (tertiary/aromatic N) is 4. The van der Waals surface area contributed by atoms with Crippen molar-refractivity contribution in [2.24, 2.45) is 0 Å². The van der Waals surface area contributed by atoms with Crippen molar-refractivity contribution >= 4 is 23.0 Å². The van der Waals surface area contributed by atoms with Gasteiger partial charge in [0.25, 0.3) is 0 Å². The van der Waals surface area contributed by atoms with Crippen molar-refractivity contribution in [2.75, 3.05) is 55.8 Å². The van der Waals surface area contributed by atoms with Gasteiger partial charge in [-0.05, 0) is 71.6 Å². The van der Waals surface area contributed by atoms with Gasteiger partial charge in [-0.3, -0.25) is 0 Å². The van der Waals surface area contributed by atoms with Crippen molar-refractivity contribution < 1.29 is 0 Å². The third-order valence-electron chi connectivity index (χ3n) is 4.36. The fourth-order valence-corrected chi connectivity index (χ4v) is 2.85. The van der Waals surface area contributed by atoms with Crippen molar-refractivity contribution in [2.45, 2.75) is 27.2 Å². The second-order valence-electron chi connectivity index (χ2n) is 6.67. The van der Waals surface area contributed by atoms with E-state index in [-0.39, 0.29) is 0 Å². The highest BCUT2D eigenvalue weighted by molar-refractivity contribution is 5.66. The number of anilines is 4. The Kier molecular flexibility index (Phi) is 7.66. The van der Waals surface area contributed by atoms with E-state index in [2.05, 4.69) is 83.5 Å². The Labute approximate surface area is 157 Å². The Balaban J connectivity index is 2.01. The van der Waals surface area contributed by atoms with Gasteiger partial charge in [0.15, 0.2) is 0 Å². The molecule has 1 heterocycles. The first kappa shape index (κ1) is 20.0. The smallest absolute Gasteiger partial charge is 0.135 e. The summed E-state index contributed by atoms with van der Waals surface area (Å²) in [5, 5.41) is 6.76. The number of aryl methyl sites for hydroxylation is 1. The van der Waals surface area contributed by atoms with Crippen LogP contribution in [0.5, 0.6) is 0 Å². The predicted octanol–water partition coefficient (Wildman–Crippen LogP) is 3.74. The second-order valence-corrected chi connectivity index (χ2v) is 6.67. The van der Waals surface area contributed by atoms with Crippen molar-refractivity contribution in [1.82, 2.24) is 14.9 Å². The largest absolute Gasteiger partial charge is 0.372 e. The van der Waals surface area contributed by atoms with E-state index in [0.717, 1.165) is 49.9 Å².